The van der Waals surface area contributed by atoms with Gasteiger partial charge < -0.3 is 10.4 Å². The highest BCUT2D eigenvalue weighted by atomic mass is 35.5. The molecule has 2 unspecified atom stereocenters. The Morgan fingerprint density at radius 1 is 1.37 bits per heavy atom. The van der Waals surface area contributed by atoms with Crippen LogP contribution in [0.25, 0.3) is 0 Å². The predicted molar refractivity (Wildman–Crippen MR) is 71.9 cm³/mol. The van der Waals surface area contributed by atoms with Crippen molar-refractivity contribution in [3.8, 4) is 0 Å². The van der Waals surface area contributed by atoms with Crippen LogP contribution in [-0.4, -0.2) is 17.0 Å². The van der Waals surface area contributed by atoms with Gasteiger partial charge in [-0.25, -0.2) is 4.79 Å². The summed E-state index contributed by atoms with van der Waals surface area (Å²) in [6, 6.07) is 5.42. The van der Waals surface area contributed by atoms with Crippen LogP contribution in [0.15, 0.2) is 24.3 Å². The first-order valence-electron chi connectivity index (χ1n) is 6.10. The molecule has 4 nitrogen and oxygen atoms in total. The second-order valence-electron chi connectivity index (χ2n) is 5.58. The number of carboxylic acids is 1. The van der Waals surface area contributed by atoms with E-state index in [0.717, 1.165) is 6.42 Å². The Hall–Kier alpha value is -1.55. The lowest BCUT2D eigenvalue weighted by atomic mass is 10.1. The van der Waals surface area contributed by atoms with Crippen molar-refractivity contribution in [1.29, 1.82) is 0 Å². The molecule has 5 heteroatoms. The summed E-state index contributed by atoms with van der Waals surface area (Å²) in [7, 11) is 0. The van der Waals surface area contributed by atoms with Gasteiger partial charge in [0.1, 0.15) is 0 Å². The number of hydrogen-bond acceptors (Lipinski definition) is 2. The Morgan fingerprint density at radius 2 is 1.89 bits per heavy atom. The van der Waals surface area contributed by atoms with Crippen molar-refractivity contribution in [3.05, 3.63) is 34.9 Å². The first kappa shape index (κ1) is 13.9. The van der Waals surface area contributed by atoms with Crippen LogP contribution >= 0.6 is 11.6 Å². The van der Waals surface area contributed by atoms with Gasteiger partial charge in [-0.1, -0.05) is 37.6 Å². The first-order valence-corrected chi connectivity index (χ1v) is 6.48. The van der Waals surface area contributed by atoms with E-state index in [1.165, 1.54) is 0 Å². The highest BCUT2D eigenvalue weighted by Gasteiger charge is 2.51. The number of nitrogens with one attached hydrogen (secondary N) is 1. The van der Waals surface area contributed by atoms with Crippen LogP contribution in [0.3, 0.4) is 0 Å². The number of amides is 1. The van der Waals surface area contributed by atoms with Crippen LogP contribution in [0, 0.1) is 11.3 Å². The number of hydrogen-bond donors (Lipinski definition) is 2. The van der Waals surface area contributed by atoms with Gasteiger partial charge in [0.2, 0.25) is 5.91 Å². The fraction of sp³-hybridized carbons (Fsp3) is 0.429. The van der Waals surface area contributed by atoms with Gasteiger partial charge in [0.25, 0.3) is 0 Å². The summed E-state index contributed by atoms with van der Waals surface area (Å²) >= 11 is 5.76. The van der Waals surface area contributed by atoms with Gasteiger partial charge in [-0.3, -0.25) is 4.79 Å². The zero-order valence-corrected chi connectivity index (χ0v) is 11.6. The Kier molecular flexibility index (Phi) is 3.54. The minimum Gasteiger partial charge on any atom is -0.479 e. The van der Waals surface area contributed by atoms with Crippen molar-refractivity contribution >= 4 is 23.5 Å². The maximum Gasteiger partial charge on any atom is 0.330 e. The van der Waals surface area contributed by atoms with Crippen LogP contribution in [0.4, 0.5) is 0 Å². The van der Waals surface area contributed by atoms with Crippen molar-refractivity contribution in [2.45, 2.75) is 26.3 Å². The number of rotatable bonds is 4. The topological polar surface area (TPSA) is 66.4 Å². The normalized spacial score (nSPS) is 21.5. The maximum atomic E-state index is 12.0. The summed E-state index contributed by atoms with van der Waals surface area (Å²) < 4.78 is 0. The highest BCUT2D eigenvalue weighted by molar-refractivity contribution is 6.30. The molecule has 1 saturated carbocycles. The van der Waals surface area contributed by atoms with Crippen molar-refractivity contribution in [1.82, 2.24) is 5.32 Å². The smallest absolute Gasteiger partial charge is 0.330 e. The fourth-order valence-corrected chi connectivity index (χ4v) is 2.23. The standard InChI is InChI=1S/C14H16ClNO3/c1-14(2)7-10(14)12(17)16-11(13(18)19)8-3-5-9(15)6-4-8/h3-6,10-11H,7H2,1-2H3,(H,16,17)(H,18,19). The number of carbonyl (C=O) groups excluding carboxylic acids is 1. The molecular weight excluding hydrogens is 266 g/mol. The van der Waals surface area contributed by atoms with E-state index in [1.807, 2.05) is 13.8 Å². The Bertz CT molecular complexity index is 510. The molecule has 1 aromatic rings. The van der Waals surface area contributed by atoms with Gasteiger partial charge in [0.05, 0.1) is 0 Å². The SMILES string of the molecule is CC1(C)CC1C(=O)NC(C(=O)O)c1ccc(Cl)cc1. The number of benzene rings is 1. The van der Waals surface area contributed by atoms with E-state index in [1.54, 1.807) is 24.3 Å². The average Bonchev–Trinajstić information content (AvgIpc) is 2.96. The monoisotopic (exact) mass is 281 g/mol. The van der Waals surface area contributed by atoms with Gasteiger partial charge in [-0.2, -0.15) is 0 Å². The molecule has 1 fully saturated rings. The third kappa shape index (κ3) is 3.07. The highest BCUT2D eigenvalue weighted by Crippen LogP contribution is 2.51. The van der Waals surface area contributed by atoms with Gasteiger partial charge in [-0.05, 0) is 29.5 Å². The number of carbonyl (C=O) groups is 2. The van der Waals surface area contributed by atoms with E-state index in [4.69, 9.17) is 11.6 Å². The van der Waals surface area contributed by atoms with Crippen LogP contribution in [0.5, 0.6) is 0 Å². The molecule has 2 N–H and O–H groups in total. The van der Waals surface area contributed by atoms with E-state index in [9.17, 15) is 14.7 Å². The Morgan fingerprint density at radius 3 is 2.32 bits per heavy atom. The van der Waals surface area contributed by atoms with E-state index in [2.05, 4.69) is 5.32 Å². The third-order valence-corrected chi connectivity index (χ3v) is 3.82. The second kappa shape index (κ2) is 4.85. The molecule has 0 heterocycles. The molecule has 2 rings (SSSR count). The molecule has 0 aromatic heterocycles. The van der Waals surface area contributed by atoms with Crippen LogP contribution in [0.2, 0.25) is 5.02 Å². The quantitative estimate of drug-likeness (QED) is 0.891. The summed E-state index contributed by atoms with van der Waals surface area (Å²) in [5, 5.41) is 12.3. The van der Waals surface area contributed by atoms with Crippen molar-refractivity contribution in [3.63, 3.8) is 0 Å². The zero-order chi connectivity index (χ0) is 14.2. The number of carboxylic acid groups (broad SMARTS) is 1. The summed E-state index contributed by atoms with van der Waals surface area (Å²) in [5.74, 6) is -1.37. The van der Waals surface area contributed by atoms with Gasteiger partial charge in [0, 0.05) is 10.9 Å². The molecule has 2 atom stereocenters. The third-order valence-electron chi connectivity index (χ3n) is 3.57. The maximum absolute atomic E-state index is 12.0. The van der Waals surface area contributed by atoms with Crippen LogP contribution in [-0.2, 0) is 9.59 Å². The van der Waals surface area contributed by atoms with E-state index in [-0.39, 0.29) is 17.2 Å². The minimum absolute atomic E-state index is 0.0207. The minimum atomic E-state index is -1.07. The fourth-order valence-electron chi connectivity index (χ4n) is 2.10. The van der Waals surface area contributed by atoms with Crippen molar-refractivity contribution < 1.29 is 14.7 Å². The van der Waals surface area contributed by atoms with E-state index in [0.29, 0.717) is 10.6 Å². The van der Waals surface area contributed by atoms with E-state index >= 15 is 0 Å². The number of halogens is 1. The summed E-state index contributed by atoms with van der Waals surface area (Å²) in [6.07, 6.45) is 0.797. The largest absolute Gasteiger partial charge is 0.479 e. The molecule has 1 amide bonds. The van der Waals surface area contributed by atoms with E-state index < -0.39 is 12.0 Å². The molecule has 0 radical (unpaired) electrons. The number of aliphatic carboxylic acids is 1. The lowest BCUT2D eigenvalue weighted by Crippen LogP contribution is -2.35. The molecule has 0 aliphatic heterocycles. The molecule has 1 aliphatic carbocycles. The lowest BCUT2D eigenvalue weighted by Gasteiger charge is -2.15. The first-order chi connectivity index (χ1) is 8.81. The molecule has 19 heavy (non-hydrogen) atoms. The predicted octanol–water partition coefficient (Wildman–Crippen LogP) is 2.63. The van der Waals surface area contributed by atoms with Gasteiger partial charge >= 0.3 is 5.97 Å². The van der Waals surface area contributed by atoms with Crippen LogP contribution < -0.4 is 5.32 Å². The van der Waals surface area contributed by atoms with Crippen LogP contribution in [0.1, 0.15) is 31.9 Å². The van der Waals surface area contributed by atoms with Crippen molar-refractivity contribution in [2.24, 2.45) is 11.3 Å². The molecular formula is C14H16ClNO3. The summed E-state index contributed by atoms with van der Waals surface area (Å²) in [5.41, 5.74) is 0.497. The zero-order valence-electron chi connectivity index (χ0n) is 10.8. The lowest BCUT2D eigenvalue weighted by molar-refractivity contribution is -0.142. The summed E-state index contributed by atoms with van der Waals surface area (Å²) in [4.78, 5) is 23.3. The molecule has 0 spiro atoms. The molecule has 102 valence electrons. The average molecular weight is 282 g/mol. The molecule has 0 saturated heterocycles. The Balaban J connectivity index is 2.11. The Labute approximate surface area is 116 Å². The second-order valence-corrected chi connectivity index (χ2v) is 6.01. The summed E-state index contributed by atoms with van der Waals surface area (Å²) in [6.45, 7) is 3.99. The molecule has 1 aliphatic rings. The van der Waals surface area contributed by atoms with Crippen molar-refractivity contribution in [2.75, 3.05) is 0 Å². The molecule has 0 bridgehead atoms. The van der Waals surface area contributed by atoms with Gasteiger partial charge in [-0.15, -0.1) is 0 Å². The van der Waals surface area contributed by atoms with Gasteiger partial charge in [0.15, 0.2) is 6.04 Å². The molecule has 1 aromatic carbocycles.